The van der Waals surface area contributed by atoms with Crippen molar-refractivity contribution in [3.63, 3.8) is 0 Å². The standard InChI is InChI=1S/4C17H20N4O2.C10H11NO2.C7H11N3O.CH4/c2*18-16-13-9-10(22)5-6-15(13)21(20-16)17(23)12-7-8-19-14-4-2-1-3-11(12)14;2*18-16-13-9-10(22)5-6-15(13)20-21(16)17(23)12-7-8-19-14-4-2-1-3-11(12)14;12-10(13)8-5-6-11-9-4-2-1-3-7(8)9;8-7-5-3-4(11)1-2-6(5)9-10-7;/h2*1-4,10,12,19,22H,5-9H2,(H2,18,20);2*1-4,10,12,19,22H,5-9,18H2;1-4,8,11H,5-6H2,(H,12,13);4,11H,1-3H2,(H3,8,9,10);1H4/t10-,12+;10-,12-;10-,12?;10-,12-;;4-;/m0000.0./s1. The van der Waals surface area contributed by atoms with Gasteiger partial charge in [0.25, 0.3) is 23.6 Å². The Morgan fingerprint density at radius 1 is 0.333 bits per heavy atom. The maximum absolute atomic E-state index is 13.1. The van der Waals surface area contributed by atoms with Gasteiger partial charge in [-0.2, -0.15) is 24.7 Å². The van der Waals surface area contributed by atoms with Crippen LogP contribution in [0.4, 0.5) is 57.5 Å². The lowest BCUT2D eigenvalue weighted by Gasteiger charge is -2.26. The number of H-pyrrole nitrogens is 1. The van der Waals surface area contributed by atoms with E-state index >= 15 is 0 Å². The van der Waals surface area contributed by atoms with Gasteiger partial charge in [0.2, 0.25) is 0 Å². The van der Waals surface area contributed by atoms with E-state index in [1.807, 2.05) is 121 Å². The van der Waals surface area contributed by atoms with E-state index < -0.39 is 30.4 Å². The lowest BCUT2D eigenvalue weighted by atomic mass is 9.89. The minimum Gasteiger partial charge on any atom is -0.481 e. The number of aromatic amines is 1. The number of fused-ring (bicyclic) bond motifs is 10. The van der Waals surface area contributed by atoms with Gasteiger partial charge in [0.05, 0.1) is 82.9 Å². The molecule has 0 saturated carbocycles. The van der Waals surface area contributed by atoms with E-state index in [0.29, 0.717) is 119 Å². The number of nitrogens with two attached hydrogens (primary N) is 5. The van der Waals surface area contributed by atoms with Crippen molar-refractivity contribution in [3.8, 4) is 0 Å². The van der Waals surface area contributed by atoms with Crippen LogP contribution in [0.3, 0.4) is 0 Å². The predicted molar refractivity (Wildman–Crippen MR) is 448 cm³/mol. The molecule has 10 heterocycles. The fourth-order valence-electron chi connectivity index (χ4n) is 17.8. The van der Waals surface area contributed by atoms with Gasteiger partial charge in [-0.3, -0.25) is 29.1 Å². The lowest BCUT2D eigenvalue weighted by molar-refractivity contribution is -0.139. The largest absolute Gasteiger partial charge is 0.481 e. The number of anilines is 10. The molecule has 0 amide bonds. The molecule has 31 nitrogen and oxygen atoms in total. The number of carbonyl (C=O) groups excluding carboxylic acids is 4. The number of hydrogen-bond donors (Lipinski definition) is 17. The Balaban J connectivity index is 0.000000117. The summed E-state index contributed by atoms with van der Waals surface area (Å²) < 4.78 is 5.69. The zero-order chi connectivity index (χ0) is 81.0. The Morgan fingerprint density at radius 3 is 0.957 bits per heavy atom. The number of hydrogen-bond acceptors (Lipinski definition) is 25. The fraction of sp³-hybridized carbons (Fsp3) is 0.419. The smallest absolute Gasteiger partial charge is 0.311 e. The summed E-state index contributed by atoms with van der Waals surface area (Å²) in [5.41, 5.74) is 48.7. The molecule has 10 aromatic rings. The molecule has 0 radical (unpaired) electrons. The summed E-state index contributed by atoms with van der Waals surface area (Å²) in [6, 6.07) is 39.2. The van der Waals surface area contributed by atoms with Gasteiger partial charge in [-0.25, -0.2) is 9.36 Å². The molecule has 5 aromatic carbocycles. The van der Waals surface area contributed by atoms with Gasteiger partial charge in [-0.15, -0.1) is 10.2 Å². The summed E-state index contributed by atoms with van der Waals surface area (Å²) in [6.45, 7) is 3.80. The van der Waals surface area contributed by atoms with E-state index in [2.05, 4.69) is 57.2 Å². The number of nitrogen functional groups attached to an aromatic ring is 5. The molecule has 5 aliphatic heterocycles. The molecule has 117 heavy (non-hydrogen) atoms. The van der Waals surface area contributed by atoms with Crippen LogP contribution < -0.4 is 55.3 Å². The Bertz CT molecular complexity index is 5030. The van der Waals surface area contributed by atoms with Crippen molar-refractivity contribution in [3.05, 3.63) is 205 Å². The Hall–Kier alpha value is -11.9. The summed E-state index contributed by atoms with van der Waals surface area (Å²) in [6.07, 6.45) is 11.3. The molecule has 22 N–H and O–H groups in total. The second-order valence-electron chi connectivity index (χ2n) is 31.4. The molecule has 5 aliphatic carbocycles. The first-order valence-electron chi connectivity index (χ1n) is 40.4. The molecule has 5 aromatic heterocycles. The van der Waals surface area contributed by atoms with Crippen LogP contribution in [0, 0.1) is 0 Å². The fourth-order valence-corrected chi connectivity index (χ4v) is 17.8. The number of benzene rings is 5. The second kappa shape index (κ2) is 35.7. The zero-order valence-electron chi connectivity index (χ0n) is 64.6. The molecule has 10 atom stereocenters. The number of aliphatic carboxylic acids is 1. The highest BCUT2D eigenvalue weighted by Crippen LogP contribution is 2.41. The van der Waals surface area contributed by atoms with E-state index in [1.165, 1.54) is 18.7 Å². The Morgan fingerprint density at radius 2 is 0.615 bits per heavy atom. The summed E-state index contributed by atoms with van der Waals surface area (Å²) in [5.74, 6) is -0.104. The third kappa shape index (κ3) is 17.2. The van der Waals surface area contributed by atoms with E-state index in [1.54, 1.807) is 0 Å². The molecule has 616 valence electrons. The van der Waals surface area contributed by atoms with Crippen LogP contribution in [0.25, 0.3) is 0 Å². The van der Waals surface area contributed by atoms with E-state index in [0.717, 1.165) is 184 Å². The minimum atomic E-state index is -0.728. The molecule has 2 unspecified atom stereocenters. The van der Waals surface area contributed by atoms with Gasteiger partial charge in [0.15, 0.2) is 0 Å². The number of nitrogens with zero attached hydrogens (tertiary/aromatic N) is 9. The third-order valence-electron chi connectivity index (χ3n) is 24.0. The van der Waals surface area contributed by atoms with Crippen LogP contribution in [0.2, 0.25) is 0 Å². The Kier molecular flexibility index (Phi) is 24.9. The van der Waals surface area contributed by atoms with Gasteiger partial charge < -0.3 is 85.9 Å². The van der Waals surface area contributed by atoms with Crippen LogP contribution >= 0.6 is 0 Å². The summed E-state index contributed by atoms with van der Waals surface area (Å²) >= 11 is 0. The normalized spacial score (nSPS) is 22.4. The van der Waals surface area contributed by atoms with Gasteiger partial charge in [0.1, 0.15) is 29.1 Å². The van der Waals surface area contributed by atoms with Crippen molar-refractivity contribution < 1.29 is 54.6 Å². The van der Waals surface area contributed by atoms with Crippen molar-refractivity contribution in [1.82, 2.24) is 49.3 Å². The molecule has 10 aliphatic rings. The molecule has 0 saturated heterocycles. The topological polar surface area (TPSA) is 497 Å². The molecule has 20 rings (SSSR count). The number of aromatic nitrogens is 10. The van der Waals surface area contributed by atoms with Crippen LogP contribution in [0.1, 0.15) is 205 Å². The zero-order valence-corrected chi connectivity index (χ0v) is 64.6. The molecule has 0 spiro atoms. The monoisotopic (exact) mass is 1590 g/mol. The van der Waals surface area contributed by atoms with Gasteiger partial charge >= 0.3 is 5.97 Å². The van der Waals surface area contributed by atoms with Crippen molar-refractivity contribution >= 4 is 87.1 Å². The maximum Gasteiger partial charge on any atom is 0.311 e. The second-order valence-corrected chi connectivity index (χ2v) is 31.4. The maximum atomic E-state index is 13.1. The van der Waals surface area contributed by atoms with E-state index in [-0.39, 0.29) is 66.7 Å². The molecular weight excluding hydrogens is 1490 g/mol. The predicted octanol–water partition coefficient (Wildman–Crippen LogP) is 8.37. The summed E-state index contributed by atoms with van der Waals surface area (Å²) in [7, 11) is 0. The van der Waals surface area contributed by atoms with Crippen molar-refractivity contribution in [2.24, 2.45) is 0 Å². The van der Waals surface area contributed by atoms with E-state index in [4.69, 9.17) is 33.8 Å². The van der Waals surface area contributed by atoms with Crippen LogP contribution in [0.5, 0.6) is 0 Å². The van der Waals surface area contributed by atoms with Gasteiger partial charge in [-0.05, 0) is 154 Å². The summed E-state index contributed by atoms with van der Waals surface area (Å²) in [4.78, 5) is 63.1. The Labute approximate surface area is 677 Å². The first kappa shape index (κ1) is 81.7. The highest BCUT2D eigenvalue weighted by atomic mass is 16.4. The van der Waals surface area contributed by atoms with Crippen LogP contribution in [-0.2, 0) is 69.0 Å². The number of carbonyl (C=O) groups is 5. The SMILES string of the molecule is C.Nc1c2c(nn1C(=O)C1CCNc3ccccc31)CC[C@H](O)C2.Nc1c2c(nn1C(=O)[C@H]1CCNc3ccccc31)CC[C@H](O)C2.Nc1n[nH]c2c1C[C@@H](O)CC2.Nc1nn(C(=O)[C@@H]2CCNc3ccccc32)c2c1C[C@@H](O)CC2.Nc1nn(C(=O)[C@H]2CCNc3ccccc32)c2c1C[C@@H](O)CC2.O=C(O)C1CCNc2ccccc21. The lowest BCUT2D eigenvalue weighted by Crippen LogP contribution is -2.30. The molecular formula is C86H106N20O11. The van der Waals surface area contributed by atoms with Gasteiger partial charge in [0, 0.05) is 127 Å². The first-order valence-corrected chi connectivity index (χ1v) is 40.4. The summed E-state index contributed by atoms with van der Waals surface area (Å²) in [5, 5.41) is 98.2. The van der Waals surface area contributed by atoms with Crippen molar-refractivity contribution in [2.75, 3.05) is 88.0 Å². The number of nitrogens with one attached hydrogen (secondary N) is 6. The number of carboxylic acids is 1. The molecule has 31 heteroatoms. The average molecular weight is 1600 g/mol. The first-order chi connectivity index (χ1) is 56.2. The van der Waals surface area contributed by atoms with Gasteiger partial charge in [-0.1, -0.05) is 98.4 Å². The minimum absolute atomic E-state index is 0. The molecule has 0 fully saturated rings. The molecule has 0 bridgehead atoms. The average Bonchev–Trinajstić information content (AvgIpc) is 1.65. The van der Waals surface area contributed by atoms with E-state index in [9.17, 15) is 49.5 Å². The quantitative estimate of drug-likeness (QED) is 0.0769. The number of aryl methyl sites for hydroxylation is 3. The van der Waals surface area contributed by atoms with Crippen molar-refractivity contribution in [2.45, 2.75) is 196 Å². The number of aliphatic hydroxyl groups excluding tert-OH is 5. The number of aliphatic hydroxyl groups is 5. The number of rotatable bonds is 5. The number of para-hydroxylation sites is 5. The highest BCUT2D eigenvalue weighted by Gasteiger charge is 2.38. The van der Waals surface area contributed by atoms with Crippen LogP contribution in [0.15, 0.2) is 121 Å². The number of carboxylic acid groups (broad SMARTS) is 1. The van der Waals surface area contributed by atoms with Crippen LogP contribution in [-0.4, -0.2) is 173 Å². The highest BCUT2D eigenvalue weighted by molar-refractivity contribution is 5.93. The third-order valence-corrected chi connectivity index (χ3v) is 24.0. The van der Waals surface area contributed by atoms with Crippen molar-refractivity contribution in [1.29, 1.82) is 0 Å².